The minimum Gasteiger partial charge on any atom is -0.309 e. The largest absolute Gasteiger partial charge is 0.309 e. The van der Waals surface area contributed by atoms with Gasteiger partial charge >= 0.3 is 0 Å². The maximum absolute atomic E-state index is 3.69. The monoisotopic (exact) mass is 245 g/mol. The molecule has 0 spiro atoms. The lowest BCUT2D eigenvalue weighted by molar-refractivity contribution is 0.263. The molecule has 0 aromatic heterocycles. The van der Waals surface area contributed by atoms with Crippen LogP contribution in [0.5, 0.6) is 0 Å². The van der Waals surface area contributed by atoms with E-state index in [0.29, 0.717) is 6.04 Å². The van der Waals surface area contributed by atoms with Gasteiger partial charge in [0.05, 0.1) is 0 Å². The molecule has 1 aromatic carbocycles. The van der Waals surface area contributed by atoms with Crippen LogP contribution in [-0.4, -0.2) is 6.54 Å². The van der Waals surface area contributed by atoms with Crippen LogP contribution in [0.1, 0.15) is 64.3 Å². The molecule has 1 atom stereocenters. The van der Waals surface area contributed by atoms with E-state index >= 15 is 0 Å². The zero-order chi connectivity index (χ0) is 13.6. The summed E-state index contributed by atoms with van der Waals surface area (Å²) in [6.45, 7) is 14.9. The molecule has 0 radical (unpaired) electrons. The van der Waals surface area contributed by atoms with E-state index in [2.05, 4.69) is 65.1 Å². The molecule has 1 N–H and O–H groups in total. The molecule has 1 heterocycles. The van der Waals surface area contributed by atoms with Gasteiger partial charge in [0.2, 0.25) is 0 Å². The molecule has 1 nitrogen and oxygen atoms in total. The third kappa shape index (κ3) is 2.61. The van der Waals surface area contributed by atoms with Gasteiger partial charge in [-0.3, -0.25) is 0 Å². The van der Waals surface area contributed by atoms with Gasteiger partial charge in [0.15, 0.2) is 0 Å². The second kappa shape index (κ2) is 4.38. The number of rotatable bonds is 0. The first-order valence-electron chi connectivity index (χ1n) is 7.06. The van der Waals surface area contributed by atoms with Gasteiger partial charge in [-0.1, -0.05) is 59.7 Å². The Morgan fingerprint density at radius 3 is 2.28 bits per heavy atom. The standard InChI is InChI=1S/C17H27N/c1-16(2,3)13-8-7-12-9-10-18-15(14(12)11-13)17(4,5)6/h7-8,11,15,18H,9-10H2,1-6H3. The fourth-order valence-corrected chi connectivity index (χ4v) is 2.79. The molecular formula is C17H27N. The van der Waals surface area contributed by atoms with E-state index in [1.807, 2.05) is 0 Å². The first-order valence-corrected chi connectivity index (χ1v) is 7.06. The predicted octanol–water partition coefficient (Wildman–Crippen LogP) is 4.22. The Morgan fingerprint density at radius 1 is 1.06 bits per heavy atom. The summed E-state index contributed by atoms with van der Waals surface area (Å²) in [5.74, 6) is 0. The van der Waals surface area contributed by atoms with E-state index in [9.17, 15) is 0 Å². The topological polar surface area (TPSA) is 12.0 Å². The SMILES string of the molecule is CC(C)(C)c1ccc2c(c1)C(C(C)(C)C)NCC2. The second-order valence-corrected chi connectivity index (χ2v) is 7.67. The highest BCUT2D eigenvalue weighted by atomic mass is 14.9. The van der Waals surface area contributed by atoms with Crippen LogP contribution in [0.15, 0.2) is 18.2 Å². The number of hydrogen-bond donors (Lipinski definition) is 1. The maximum atomic E-state index is 3.69. The lowest BCUT2D eigenvalue weighted by Crippen LogP contribution is -2.38. The van der Waals surface area contributed by atoms with Crippen molar-refractivity contribution in [1.29, 1.82) is 0 Å². The maximum Gasteiger partial charge on any atom is 0.0372 e. The molecule has 100 valence electrons. The molecule has 18 heavy (non-hydrogen) atoms. The number of nitrogens with one attached hydrogen (secondary N) is 1. The van der Waals surface area contributed by atoms with Gasteiger partial charge in [0.25, 0.3) is 0 Å². The average molecular weight is 245 g/mol. The van der Waals surface area contributed by atoms with Crippen LogP contribution in [-0.2, 0) is 11.8 Å². The van der Waals surface area contributed by atoms with E-state index in [4.69, 9.17) is 0 Å². The van der Waals surface area contributed by atoms with Crippen LogP contribution in [0.2, 0.25) is 0 Å². The summed E-state index contributed by atoms with van der Waals surface area (Å²) in [6, 6.07) is 7.56. The van der Waals surface area contributed by atoms with Gasteiger partial charge in [0.1, 0.15) is 0 Å². The van der Waals surface area contributed by atoms with Crippen molar-refractivity contribution in [1.82, 2.24) is 5.32 Å². The first kappa shape index (κ1) is 13.6. The molecule has 1 heteroatoms. The number of hydrogen-bond acceptors (Lipinski definition) is 1. The lowest BCUT2D eigenvalue weighted by Gasteiger charge is -2.37. The zero-order valence-corrected chi connectivity index (χ0v) is 12.7. The van der Waals surface area contributed by atoms with Gasteiger partial charge in [-0.15, -0.1) is 0 Å². The molecular weight excluding hydrogens is 218 g/mol. The predicted molar refractivity (Wildman–Crippen MR) is 79.0 cm³/mol. The minimum absolute atomic E-state index is 0.231. The summed E-state index contributed by atoms with van der Waals surface area (Å²) in [6.07, 6.45) is 1.16. The molecule has 0 amide bonds. The first-order chi connectivity index (χ1) is 8.19. The molecule has 1 aliphatic rings. The highest BCUT2D eigenvalue weighted by Gasteiger charge is 2.31. The van der Waals surface area contributed by atoms with Gasteiger partial charge in [-0.05, 0) is 40.5 Å². The molecule has 0 aliphatic carbocycles. The van der Waals surface area contributed by atoms with Crippen molar-refractivity contribution in [3.05, 3.63) is 34.9 Å². The van der Waals surface area contributed by atoms with Crippen LogP contribution < -0.4 is 5.32 Å². The van der Waals surface area contributed by atoms with Crippen LogP contribution in [0.3, 0.4) is 0 Å². The molecule has 0 fully saturated rings. The van der Waals surface area contributed by atoms with Crippen LogP contribution in [0.25, 0.3) is 0 Å². The fraction of sp³-hybridized carbons (Fsp3) is 0.647. The van der Waals surface area contributed by atoms with Crippen molar-refractivity contribution in [2.24, 2.45) is 5.41 Å². The summed E-state index contributed by atoms with van der Waals surface area (Å²) in [5, 5.41) is 3.69. The molecule has 0 bridgehead atoms. The Morgan fingerprint density at radius 2 is 1.72 bits per heavy atom. The smallest absolute Gasteiger partial charge is 0.0372 e. The summed E-state index contributed by atoms with van der Waals surface area (Å²) >= 11 is 0. The summed E-state index contributed by atoms with van der Waals surface area (Å²) in [7, 11) is 0. The Kier molecular flexibility index (Phi) is 3.31. The van der Waals surface area contributed by atoms with Crippen molar-refractivity contribution in [2.75, 3.05) is 6.54 Å². The lowest BCUT2D eigenvalue weighted by atomic mass is 9.76. The van der Waals surface area contributed by atoms with Crippen LogP contribution in [0, 0.1) is 5.41 Å². The quantitative estimate of drug-likeness (QED) is 0.721. The number of fused-ring (bicyclic) bond motifs is 1. The zero-order valence-electron chi connectivity index (χ0n) is 12.7. The van der Waals surface area contributed by atoms with E-state index in [0.717, 1.165) is 13.0 Å². The molecule has 0 saturated heterocycles. The van der Waals surface area contributed by atoms with Gasteiger partial charge < -0.3 is 5.32 Å². The highest BCUT2D eigenvalue weighted by molar-refractivity contribution is 5.39. The van der Waals surface area contributed by atoms with Crippen molar-refractivity contribution < 1.29 is 0 Å². The summed E-state index contributed by atoms with van der Waals surface area (Å²) < 4.78 is 0. The normalized spacial score (nSPS) is 20.7. The molecule has 1 aliphatic heterocycles. The Hall–Kier alpha value is -0.820. The Labute approximate surface area is 112 Å². The molecule has 0 saturated carbocycles. The van der Waals surface area contributed by atoms with Crippen molar-refractivity contribution in [3.63, 3.8) is 0 Å². The summed E-state index contributed by atoms with van der Waals surface area (Å²) in [5.41, 5.74) is 4.99. The van der Waals surface area contributed by atoms with Gasteiger partial charge in [-0.2, -0.15) is 0 Å². The van der Waals surface area contributed by atoms with E-state index in [-0.39, 0.29) is 10.8 Å². The average Bonchev–Trinajstić information content (AvgIpc) is 2.25. The second-order valence-electron chi connectivity index (χ2n) is 7.67. The van der Waals surface area contributed by atoms with E-state index < -0.39 is 0 Å². The minimum atomic E-state index is 0.231. The van der Waals surface area contributed by atoms with Crippen LogP contribution in [0.4, 0.5) is 0 Å². The van der Waals surface area contributed by atoms with Crippen molar-refractivity contribution >= 4 is 0 Å². The van der Waals surface area contributed by atoms with Crippen LogP contribution >= 0.6 is 0 Å². The number of benzene rings is 1. The van der Waals surface area contributed by atoms with Crippen molar-refractivity contribution in [3.8, 4) is 0 Å². The van der Waals surface area contributed by atoms with Crippen molar-refractivity contribution in [2.45, 2.75) is 59.4 Å². The highest BCUT2D eigenvalue weighted by Crippen LogP contribution is 2.38. The van der Waals surface area contributed by atoms with E-state index in [1.165, 1.54) is 16.7 Å². The van der Waals surface area contributed by atoms with Gasteiger partial charge in [0, 0.05) is 6.04 Å². The summed E-state index contributed by atoms with van der Waals surface area (Å²) in [4.78, 5) is 0. The third-order valence-corrected chi connectivity index (χ3v) is 3.93. The van der Waals surface area contributed by atoms with Gasteiger partial charge in [-0.25, -0.2) is 0 Å². The molecule has 2 rings (SSSR count). The fourth-order valence-electron chi connectivity index (χ4n) is 2.79. The molecule has 1 aromatic rings. The van der Waals surface area contributed by atoms with E-state index in [1.54, 1.807) is 0 Å². The Bertz CT molecular complexity index is 432. The molecule has 1 unspecified atom stereocenters. The Balaban J connectivity index is 2.48. The third-order valence-electron chi connectivity index (χ3n) is 3.93.